The van der Waals surface area contributed by atoms with E-state index in [9.17, 15) is 8.42 Å². The van der Waals surface area contributed by atoms with Gasteiger partial charge in [0.15, 0.2) is 0 Å². The first-order chi connectivity index (χ1) is 21.3. The van der Waals surface area contributed by atoms with E-state index in [1.54, 1.807) is 24.3 Å². The van der Waals surface area contributed by atoms with Gasteiger partial charge in [-0.25, -0.2) is 13.1 Å². The Balaban J connectivity index is 0.000000535. The number of carbonyl (C=O) groups is 1. The summed E-state index contributed by atoms with van der Waals surface area (Å²) in [5.41, 5.74) is 2.72. The molecule has 44 heavy (non-hydrogen) atoms. The van der Waals surface area contributed by atoms with E-state index in [1.807, 2.05) is 44.9 Å². The van der Waals surface area contributed by atoms with Gasteiger partial charge in [0.25, 0.3) is 0 Å². The Morgan fingerprint density at radius 3 is 2.16 bits per heavy atom. The van der Waals surface area contributed by atoms with Gasteiger partial charge >= 0.3 is 0 Å². The fourth-order valence-electron chi connectivity index (χ4n) is 6.06. The minimum Gasteiger partial charge on any atom is -0.370 e. The SMILES string of the molecule is C/C=C\C.C=O.CCCCC.O=S(=O)(NCC1CCC(CN=C2CC3c4c(Cl)cccc4CCC3N2)CC1)c1ccccc1. The maximum atomic E-state index is 12.4. The molecule has 2 aromatic carbocycles. The van der Waals surface area contributed by atoms with E-state index in [4.69, 9.17) is 21.4 Å². The molecule has 2 unspecified atom stereocenters. The maximum Gasteiger partial charge on any atom is 0.240 e. The summed E-state index contributed by atoms with van der Waals surface area (Å²) in [5, 5.41) is 4.57. The number of halogens is 1. The summed E-state index contributed by atoms with van der Waals surface area (Å²) in [4.78, 5) is 13.3. The van der Waals surface area contributed by atoms with E-state index in [0.717, 1.165) is 62.3 Å². The second kappa shape index (κ2) is 20.5. The molecule has 0 bridgehead atoms. The molecule has 1 heterocycles. The Morgan fingerprint density at radius 2 is 1.57 bits per heavy atom. The highest BCUT2D eigenvalue weighted by atomic mass is 35.5. The average molecular weight is 644 g/mol. The van der Waals surface area contributed by atoms with Gasteiger partial charge in [0.1, 0.15) is 6.79 Å². The molecule has 2 aliphatic carbocycles. The number of hydrogen-bond acceptors (Lipinski definition) is 4. The number of benzene rings is 2. The van der Waals surface area contributed by atoms with Crippen molar-refractivity contribution >= 4 is 34.2 Å². The third kappa shape index (κ3) is 11.8. The standard InChI is InChI=1S/C26H32ClN3O2S.C5H12.C4H8.CH2O/c27-23-8-4-5-20-13-14-24-22(26(20)23)15-25(30-24)28-16-18-9-11-19(12-10-18)17-29-33(31,32)21-6-2-1-3-7-21;1-3-5-4-2;1-3-4-2;1-2/h1-8,18-19,22,24,29H,9-17H2,(H,28,30);3-5H2,1-2H3;3-4H,1-2H3;1H2/b;;4-3-;. The molecule has 1 saturated heterocycles. The summed E-state index contributed by atoms with van der Waals surface area (Å²) in [6, 6.07) is 15.3. The molecule has 0 aromatic heterocycles. The zero-order chi connectivity index (χ0) is 32.4. The van der Waals surface area contributed by atoms with Gasteiger partial charge in [0.2, 0.25) is 10.0 Å². The van der Waals surface area contributed by atoms with Crippen LogP contribution in [0.25, 0.3) is 0 Å². The van der Waals surface area contributed by atoms with Gasteiger partial charge < -0.3 is 10.1 Å². The highest BCUT2D eigenvalue weighted by Crippen LogP contribution is 2.41. The number of hydrogen-bond donors (Lipinski definition) is 2. The smallest absolute Gasteiger partial charge is 0.240 e. The van der Waals surface area contributed by atoms with E-state index in [-0.39, 0.29) is 0 Å². The first-order valence-electron chi connectivity index (χ1n) is 16.3. The number of amidine groups is 1. The molecule has 0 spiro atoms. The molecule has 2 fully saturated rings. The summed E-state index contributed by atoms with van der Waals surface area (Å²) < 4.78 is 27.7. The fraction of sp³-hybridized carbons (Fsp3) is 0.556. The number of rotatable bonds is 8. The Kier molecular flexibility index (Phi) is 17.6. The molecular formula is C36H54ClN3O3S. The third-order valence-corrected chi connectivity index (χ3v) is 10.4. The lowest BCUT2D eigenvalue weighted by molar-refractivity contribution is -0.0980. The van der Waals surface area contributed by atoms with Crippen molar-refractivity contribution in [1.29, 1.82) is 0 Å². The Labute approximate surface area is 272 Å². The topological polar surface area (TPSA) is 87.6 Å². The summed E-state index contributed by atoms with van der Waals surface area (Å²) in [5.74, 6) is 2.56. The number of fused-ring (bicyclic) bond motifs is 3. The van der Waals surface area contributed by atoms with Crippen LogP contribution in [0.15, 0.2) is 70.6 Å². The predicted octanol–water partition coefficient (Wildman–Crippen LogP) is 8.51. The Morgan fingerprint density at radius 1 is 0.932 bits per heavy atom. The van der Waals surface area contributed by atoms with Crippen LogP contribution >= 0.6 is 11.6 Å². The minimum absolute atomic E-state index is 0.336. The van der Waals surface area contributed by atoms with Crippen LogP contribution in [0.1, 0.15) is 103 Å². The minimum atomic E-state index is -3.42. The molecule has 8 heteroatoms. The summed E-state index contributed by atoms with van der Waals surface area (Å²) in [6.45, 7) is 11.8. The number of nitrogens with one attached hydrogen (secondary N) is 2. The van der Waals surface area contributed by atoms with E-state index in [0.29, 0.717) is 35.2 Å². The van der Waals surface area contributed by atoms with Crippen LogP contribution in [-0.4, -0.2) is 40.2 Å². The van der Waals surface area contributed by atoms with Crippen molar-refractivity contribution in [3.63, 3.8) is 0 Å². The van der Waals surface area contributed by atoms with Gasteiger partial charge in [-0.2, -0.15) is 0 Å². The van der Waals surface area contributed by atoms with Crippen LogP contribution in [-0.2, 0) is 21.2 Å². The van der Waals surface area contributed by atoms with E-state index in [2.05, 4.69) is 36.0 Å². The van der Waals surface area contributed by atoms with Crippen molar-refractivity contribution in [1.82, 2.24) is 10.0 Å². The Bertz CT molecular complexity index is 1250. The van der Waals surface area contributed by atoms with Crippen LogP contribution in [0.5, 0.6) is 0 Å². The fourth-order valence-corrected chi connectivity index (χ4v) is 7.53. The zero-order valence-corrected chi connectivity index (χ0v) is 28.8. The summed E-state index contributed by atoms with van der Waals surface area (Å²) >= 11 is 6.55. The van der Waals surface area contributed by atoms with E-state index >= 15 is 0 Å². The van der Waals surface area contributed by atoms with Gasteiger partial charge in [0.05, 0.1) is 10.7 Å². The first kappa shape index (κ1) is 37.7. The molecule has 0 radical (unpaired) electrons. The van der Waals surface area contributed by atoms with Crippen molar-refractivity contribution in [3.8, 4) is 0 Å². The molecule has 2 atom stereocenters. The third-order valence-electron chi connectivity index (χ3n) is 8.65. The normalized spacial score (nSPS) is 23.1. The van der Waals surface area contributed by atoms with Gasteiger partial charge in [-0.1, -0.05) is 87.2 Å². The quantitative estimate of drug-likeness (QED) is 0.282. The molecule has 244 valence electrons. The lowest BCUT2D eigenvalue weighted by Crippen LogP contribution is -2.32. The first-order valence-corrected chi connectivity index (χ1v) is 18.2. The second-order valence-electron chi connectivity index (χ2n) is 11.8. The lowest BCUT2D eigenvalue weighted by Gasteiger charge is -2.28. The van der Waals surface area contributed by atoms with Crippen molar-refractivity contribution in [2.24, 2.45) is 16.8 Å². The van der Waals surface area contributed by atoms with Crippen molar-refractivity contribution in [3.05, 3.63) is 76.8 Å². The van der Waals surface area contributed by atoms with E-state index in [1.165, 1.54) is 30.4 Å². The van der Waals surface area contributed by atoms with Gasteiger partial charge in [-0.05, 0) is 93.5 Å². The van der Waals surface area contributed by atoms with E-state index < -0.39 is 10.0 Å². The van der Waals surface area contributed by atoms with Crippen LogP contribution in [0.2, 0.25) is 5.02 Å². The predicted molar refractivity (Wildman–Crippen MR) is 186 cm³/mol. The molecule has 0 amide bonds. The molecular weight excluding hydrogens is 590 g/mol. The van der Waals surface area contributed by atoms with Crippen molar-refractivity contribution < 1.29 is 13.2 Å². The highest BCUT2D eigenvalue weighted by molar-refractivity contribution is 7.89. The summed E-state index contributed by atoms with van der Waals surface area (Å²) in [6.07, 6.45) is 15.6. The van der Waals surface area contributed by atoms with Gasteiger partial charge in [-0.15, -0.1) is 0 Å². The van der Waals surface area contributed by atoms with Gasteiger partial charge in [0, 0.05) is 36.5 Å². The number of unbranched alkanes of at least 4 members (excludes halogenated alkanes) is 2. The lowest BCUT2D eigenvalue weighted by atomic mass is 9.80. The van der Waals surface area contributed by atoms with Crippen LogP contribution in [0, 0.1) is 11.8 Å². The number of allylic oxidation sites excluding steroid dienone is 2. The molecule has 2 N–H and O–H groups in total. The van der Waals surface area contributed by atoms with Crippen LogP contribution in [0.4, 0.5) is 0 Å². The van der Waals surface area contributed by atoms with Crippen LogP contribution in [0.3, 0.4) is 0 Å². The van der Waals surface area contributed by atoms with Gasteiger partial charge in [-0.3, -0.25) is 4.99 Å². The van der Waals surface area contributed by atoms with Crippen LogP contribution < -0.4 is 10.0 Å². The van der Waals surface area contributed by atoms with Crippen molar-refractivity contribution in [2.75, 3.05) is 13.1 Å². The average Bonchev–Trinajstić information content (AvgIpc) is 3.49. The molecule has 6 nitrogen and oxygen atoms in total. The number of nitrogens with zero attached hydrogens (tertiary/aromatic N) is 1. The molecule has 3 aliphatic rings. The largest absolute Gasteiger partial charge is 0.370 e. The summed E-state index contributed by atoms with van der Waals surface area (Å²) in [7, 11) is -3.42. The maximum absolute atomic E-state index is 12.4. The zero-order valence-electron chi connectivity index (χ0n) is 27.2. The molecule has 2 aromatic rings. The number of aryl methyl sites for hydroxylation is 1. The molecule has 1 aliphatic heterocycles. The highest BCUT2D eigenvalue weighted by Gasteiger charge is 2.37. The Hall–Kier alpha value is -2.48. The number of sulfonamides is 1. The monoisotopic (exact) mass is 643 g/mol. The molecule has 5 rings (SSSR count). The number of aliphatic imine (C=N–C) groups is 1. The molecule has 1 saturated carbocycles. The second-order valence-corrected chi connectivity index (χ2v) is 13.9. The number of carbonyl (C=O) groups excluding carboxylic acids is 1. The van der Waals surface area contributed by atoms with Crippen molar-refractivity contribution in [2.45, 2.75) is 109 Å².